The summed E-state index contributed by atoms with van der Waals surface area (Å²) in [5, 5.41) is 2.20. The van der Waals surface area contributed by atoms with E-state index in [-0.39, 0.29) is 0 Å². The van der Waals surface area contributed by atoms with Crippen molar-refractivity contribution < 1.29 is 0 Å². The lowest BCUT2D eigenvalue weighted by Gasteiger charge is -1.87. The van der Waals surface area contributed by atoms with Gasteiger partial charge in [-0.1, -0.05) is 0 Å². The van der Waals surface area contributed by atoms with Gasteiger partial charge in [0.05, 0.1) is 17.6 Å². The summed E-state index contributed by atoms with van der Waals surface area (Å²) in [7, 11) is 0. The first-order chi connectivity index (χ1) is 4.83. The Hall–Kier alpha value is -0.640. The van der Waals surface area contributed by atoms with Crippen molar-refractivity contribution >= 4 is 39.1 Å². The molecular weight excluding hydrogens is 214 g/mol. The summed E-state index contributed by atoms with van der Waals surface area (Å²) in [5.41, 5.74) is 0. The lowest BCUT2D eigenvalue weighted by Crippen LogP contribution is -1.77. The van der Waals surface area contributed by atoms with E-state index in [0.717, 1.165) is 0 Å². The number of thiocarbonyl (C=S) groups is 1. The smallest absolute Gasteiger partial charge is 0.182 e. The standard InChI is InChI=1S/C5H2BrN3S/c6-4-1-7-2-5(9-4)8-3-10/h1-2H. The van der Waals surface area contributed by atoms with Crippen molar-refractivity contribution in [3.8, 4) is 0 Å². The van der Waals surface area contributed by atoms with Gasteiger partial charge in [-0.15, -0.1) is 0 Å². The highest BCUT2D eigenvalue weighted by molar-refractivity contribution is 9.10. The van der Waals surface area contributed by atoms with Crippen LogP contribution in [0.3, 0.4) is 0 Å². The van der Waals surface area contributed by atoms with E-state index in [1.807, 2.05) is 0 Å². The van der Waals surface area contributed by atoms with Crippen LogP contribution < -0.4 is 0 Å². The maximum absolute atomic E-state index is 4.38. The van der Waals surface area contributed by atoms with Gasteiger partial charge in [0.25, 0.3) is 0 Å². The molecule has 0 N–H and O–H groups in total. The van der Waals surface area contributed by atoms with Gasteiger partial charge in [0.2, 0.25) is 0 Å². The van der Waals surface area contributed by atoms with Crippen molar-refractivity contribution in [2.75, 3.05) is 0 Å². The molecule has 0 radical (unpaired) electrons. The van der Waals surface area contributed by atoms with Gasteiger partial charge in [-0.05, 0) is 28.1 Å². The Morgan fingerprint density at radius 1 is 1.60 bits per heavy atom. The van der Waals surface area contributed by atoms with E-state index in [9.17, 15) is 0 Å². The molecule has 0 spiro atoms. The second kappa shape index (κ2) is 3.51. The summed E-state index contributed by atoms with van der Waals surface area (Å²) >= 11 is 7.51. The van der Waals surface area contributed by atoms with Crippen LogP contribution >= 0.6 is 28.1 Å². The molecule has 1 aromatic heterocycles. The summed E-state index contributed by atoms with van der Waals surface area (Å²) in [6.45, 7) is 0. The van der Waals surface area contributed by atoms with E-state index in [0.29, 0.717) is 10.4 Å². The van der Waals surface area contributed by atoms with Gasteiger partial charge < -0.3 is 0 Å². The normalized spacial score (nSPS) is 8.50. The molecule has 0 fully saturated rings. The Morgan fingerprint density at radius 2 is 2.40 bits per heavy atom. The van der Waals surface area contributed by atoms with Gasteiger partial charge in [0.1, 0.15) is 4.60 Å². The zero-order chi connectivity index (χ0) is 7.40. The van der Waals surface area contributed by atoms with Crippen LogP contribution in [-0.4, -0.2) is 15.1 Å². The van der Waals surface area contributed by atoms with E-state index in [2.05, 4.69) is 48.3 Å². The van der Waals surface area contributed by atoms with Crippen molar-refractivity contribution in [3.63, 3.8) is 0 Å². The van der Waals surface area contributed by atoms with E-state index in [1.54, 1.807) is 6.20 Å². The number of rotatable bonds is 1. The third kappa shape index (κ3) is 1.95. The van der Waals surface area contributed by atoms with Crippen molar-refractivity contribution in [2.45, 2.75) is 0 Å². The Labute approximate surface area is 71.4 Å². The molecule has 0 aliphatic rings. The van der Waals surface area contributed by atoms with E-state index in [4.69, 9.17) is 0 Å². The molecule has 1 aromatic rings. The van der Waals surface area contributed by atoms with Crippen molar-refractivity contribution in [3.05, 3.63) is 17.0 Å². The van der Waals surface area contributed by atoms with Gasteiger partial charge in [-0.3, -0.25) is 4.98 Å². The lowest BCUT2D eigenvalue weighted by molar-refractivity contribution is 1.15. The first-order valence-electron chi connectivity index (χ1n) is 2.38. The van der Waals surface area contributed by atoms with Crippen LogP contribution in [-0.2, 0) is 0 Å². The molecule has 0 bridgehead atoms. The van der Waals surface area contributed by atoms with Crippen LogP contribution in [0.15, 0.2) is 22.0 Å². The fraction of sp³-hybridized carbons (Fsp3) is 0. The van der Waals surface area contributed by atoms with Crippen molar-refractivity contribution in [1.82, 2.24) is 9.97 Å². The van der Waals surface area contributed by atoms with Crippen LogP contribution in [0.5, 0.6) is 0 Å². The molecule has 0 atom stereocenters. The van der Waals surface area contributed by atoms with Gasteiger partial charge in [-0.2, -0.15) is 4.99 Å². The number of isothiocyanates is 1. The highest BCUT2D eigenvalue weighted by Crippen LogP contribution is 2.09. The van der Waals surface area contributed by atoms with Gasteiger partial charge >= 0.3 is 0 Å². The van der Waals surface area contributed by atoms with Crippen molar-refractivity contribution in [2.24, 2.45) is 4.99 Å². The monoisotopic (exact) mass is 215 g/mol. The summed E-state index contributed by atoms with van der Waals surface area (Å²) in [5.74, 6) is 0.462. The van der Waals surface area contributed by atoms with E-state index >= 15 is 0 Å². The van der Waals surface area contributed by atoms with Gasteiger partial charge in [-0.25, -0.2) is 4.98 Å². The Kier molecular flexibility index (Phi) is 2.62. The summed E-state index contributed by atoms with van der Waals surface area (Å²) in [6, 6.07) is 0. The fourth-order valence-electron chi connectivity index (χ4n) is 0.433. The SMILES string of the molecule is S=C=Nc1cncc(Br)n1. The average Bonchev–Trinajstić information content (AvgIpc) is 1.88. The zero-order valence-corrected chi connectivity index (χ0v) is 7.19. The van der Waals surface area contributed by atoms with Gasteiger partial charge in [0, 0.05) is 0 Å². The Morgan fingerprint density at radius 3 is 3.00 bits per heavy atom. The largest absolute Gasteiger partial charge is 0.258 e. The molecule has 0 saturated carbocycles. The minimum absolute atomic E-state index is 0.462. The molecule has 0 aliphatic heterocycles. The zero-order valence-electron chi connectivity index (χ0n) is 4.78. The first kappa shape index (κ1) is 7.47. The van der Waals surface area contributed by atoms with Crippen LogP contribution in [0.4, 0.5) is 5.82 Å². The molecular formula is C5H2BrN3S. The highest BCUT2D eigenvalue weighted by Gasteiger charge is 1.90. The number of nitrogens with zero attached hydrogens (tertiary/aromatic N) is 3. The number of hydrogen-bond acceptors (Lipinski definition) is 4. The lowest BCUT2D eigenvalue weighted by atomic mass is 10.7. The van der Waals surface area contributed by atoms with Crippen LogP contribution in [0.2, 0.25) is 0 Å². The first-order valence-corrected chi connectivity index (χ1v) is 3.58. The maximum atomic E-state index is 4.38. The molecule has 1 heterocycles. The summed E-state index contributed by atoms with van der Waals surface area (Å²) in [6.07, 6.45) is 3.08. The minimum atomic E-state index is 0.462. The molecule has 0 amide bonds. The molecule has 0 unspecified atom stereocenters. The maximum Gasteiger partial charge on any atom is 0.182 e. The van der Waals surface area contributed by atoms with E-state index < -0.39 is 0 Å². The Bertz CT molecular complexity index is 282. The molecule has 0 saturated heterocycles. The van der Waals surface area contributed by atoms with Crippen LogP contribution in [0.1, 0.15) is 0 Å². The summed E-state index contributed by atoms with van der Waals surface area (Å²) in [4.78, 5) is 11.4. The molecule has 3 nitrogen and oxygen atoms in total. The summed E-state index contributed by atoms with van der Waals surface area (Å²) < 4.78 is 0.638. The number of aromatic nitrogens is 2. The van der Waals surface area contributed by atoms with Crippen LogP contribution in [0, 0.1) is 0 Å². The van der Waals surface area contributed by atoms with Crippen LogP contribution in [0.25, 0.3) is 0 Å². The second-order valence-corrected chi connectivity index (χ2v) is 2.40. The predicted molar refractivity (Wildman–Crippen MR) is 44.4 cm³/mol. The quantitative estimate of drug-likeness (QED) is 0.532. The Balaban J connectivity index is 3.06. The minimum Gasteiger partial charge on any atom is -0.258 e. The number of halogens is 1. The second-order valence-electron chi connectivity index (χ2n) is 1.40. The molecule has 0 aromatic carbocycles. The van der Waals surface area contributed by atoms with Gasteiger partial charge in [0.15, 0.2) is 5.82 Å². The fourth-order valence-corrected chi connectivity index (χ4v) is 0.827. The van der Waals surface area contributed by atoms with E-state index in [1.165, 1.54) is 6.20 Å². The van der Waals surface area contributed by atoms with Crippen molar-refractivity contribution in [1.29, 1.82) is 0 Å². The third-order valence-electron chi connectivity index (χ3n) is 0.753. The third-order valence-corrected chi connectivity index (χ3v) is 1.23. The average molecular weight is 216 g/mol. The molecule has 10 heavy (non-hydrogen) atoms. The molecule has 50 valence electrons. The predicted octanol–water partition coefficient (Wildman–Crippen LogP) is 1.97. The topological polar surface area (TPSA) is 38.1 Å². The number of hydrogen-bond donors (Lipinski definition) is 0. The molecule has 5 heteroatoms. The molecule has 0 aliphatic carbocycles. The number of aliphatic imine (C=N–C) groups is 1. The highest BCUT2D eigenvalue weighted by atomic mass is 79.9. The molecule has 1 rings (SSSR count).